The van der Waals surface area contributed by atoms with Gasteiger partial charge in [-0.15, -0.1) is 17.5 Å². The standard InChI is InChI=1S/C12H15FN4O.ClH/c13-10-5-3-9(4-6-10)2-1-7-15-12-17-16-11(8-14)18-12;/h3-6H,1-2,7-8,14H2,(H,15,17);1H. The first-order chi connectivity index (χ1) is 8.78. The number of rotatable bonds is 6. The molecule has 104 valence electrons. The van der Waals surface area contributed by atoms with Crippen LogP contribution in [-0.2, 0) is 13.0 Å². The summed E-state index contributed by atoms with van der Waals surface area (Å²) in [4.78, 5) is 0. The summed E-state index contributed by atoms with van der Waals surface area (Å²) in [6.07, 6.45) is 1.76. The van der Waals surface area contributed by atoms with Gasteiger partial charge in [-0.1, -0.05) is 17.2 Å². The fourth-order valence-electron chi connectivity index (χ4n) is 1.55. The fraction of sp³-hybridized carbons (Fsp3) is 0.333. The monoisotopic (exact) mass is 286 g/mol. The van der Waals surface area contributed by atoms with Gasteiger partial charge in [-0.05, 0) is 30.5 Å². The van der Waals surface area contributed by atoms with Crippen molar-refractivity contribution >= 4 is 18.4 Å². The van der Waals surface area contributed by atoms with E-state index in [1.165, 1.54) is 12.1 Å². The van der Waals surface area contributed by atoms with Crippen LogP contribution in [0.5, 0.6) is 0 Å². The first-order valence-corrected chi connectivity index (χ1v) is 5.78. The van der Waals surface area contributed by atoms with Gasteiger partial charge in [-0.25, -0.2) is 4.39 Å². The Kier molecular flexibility index (Phi) is 6.24. The van der Waals surface area contributed by atoms with Crippen molar-refractivity contribution in [3.63, 3.8) is 0 Å². The van der Waals surface area contributed by atoms with Gasteiger partial charge in [0, 0.05) is 6.54 Å². The van der Waals surface area contributed by atoms with Gasteiger partial charge in [0.15, 0.2) is 0 Å². The summed E-state index contributed by atoms with van der Waals surface area (Å²) in [7, 11) is 0. The molecular weight excluding hydrogens is 271 g/mol. The quantitative estimate of drug-likeness (QED) is 0.796. The SMILES string of the molecule is Cl.NCc1nnc(NCCCc2ccc(F)cc2)o1. The molecule has 0 aliphatic heterocycles. The Morgan fingerprint density at radius 1 is 1.21 bits per heavy atom. The number of halogens is 2. The summed E-state index contributed by atoms with van der Waals surface area (Å²) in [5.74, 6) is 0.202. The van der Waals surface area contributed by atoms with E-state index in [4.69, 9.17) is 10.2 Å². The Labute approximate surface area is 116 Å². The summed E-state index contributed by atoms with van der Waals surface area (Å²) >= 11 is 0. The van der Waals surface area contributed by atoms with E-state index in [9.17, 15) is 4.39 Å². The third-order valence-electron chi connectivity index (χ3n) is 2.47. The highest BCUT2D eigenvalue weighted by atomic mass is 35.5. The molecule has 0 unspecified atom stereocenters. The number of hydrogen-bond acceptors (Lipinski definition) is 5. The summed E-state index contributed by atoms with van der Waals surface area (Å²) in [6.45, 7) is 0.952. The number of anilines is 1. The van der Waals surface area contributed by atoms with Crippen molar-refractivity contribution in [3.05, 3.63) is 41.5 Å². The highest BCUT2D eigenvalue weighted by Crippen LogP contribution is 2.07. The lowest BCUT2D eigenvalue weighted by molar-refractivity contribution is 0.507. The number of nitrogens with one attached hydrogen (secondary N) is 1. The van der Waals surface area contributed by atoms with Crippen molar-refractivity contribution < 1.29 is 8.81 Å². The molecule has 7 heteroatoms. The molecule has 0 amide bonds. The summed E-state index contributed by atoms with van der Waals surface area (Å²) in [6, 6.07) is 6.89. The van der Waals surface area contributed by atoms with Crippen molar-refractivity contribution in [1.29, 1.82) is 0 Å². The highest BCUT2D eigenvalue weighted by molar-refractivity contribution is 5.85. The molecule has 0 saturated heterocycles. The minimum atomic E-state index is -0.211. The zero-order valence-electron chi connectivity index (χ0n) is 10.3. The number of aromatic nitrogens is 2. The lowest BCUT2D eigenvalue weighted by Crippen LogP contribution is -2.03. The van der Waals surface area contributed by atoms with E-state index < -0.39 is 0 Å². The zero-order chi connectivity index (χ0) is 12.8. The molecule has 1 aromatic carbocycles. The molecule has 1 heterocycles. The van der Waals surface area contributed by atoms with Crippen LogP contribution in [0.25, 0.3) is 0 Å². The lowest BCUT2D eigenvalue weighted by atomic mass is 10.1. The van der Waals surface area contributed by atoms with Gasteiger partial charge >= 0.3 is 6.01 Å². The molecule has 2 rings (SSSR count). The molecule has 0 atom stereocenters. The number of benzene rings is 1. The normalized spacial score (nSPS) is 10.0. The summed E-state index contributed by atoms with van der Waals surface area (Å²) in [5, 5.41) is 10.5. The van der Waals surface area contributed by atoms with Gasteiger partial charge in [-0.3, -0.25) is 0 Å². The molecule has 0 radical (unpaired) electrons. The summed E-state index contributed by atoms with van der Waals surface area (Å²) < 4.78 is 17.9. The molecule has 0 fully saturated rings. The molecule has 5 nitrogen and oxygen atoms in total. The topological polar surface area (TPSA) is 77.0 Å². The van der Waals surface area contributed by atoms with Gasteiger partial charge < -0.3 is 15.5 Å². The van der Waals surface area contributed by atoms with Crippen molar-refractivity contribution in [2.24, 2.45) is 5.73 Å². The third kappa shape index (κ3) is 4.84. The molecule has 0 aliphatic rings. The second-order valence-corrected chi connectivity index (χ2v) is 3.86. The smallest absolute Gasteiger partial charge is 0.315 e. The molecule has 0 spiro atoms. The average Bonchev–Trinajstić information content (AvgIpc) is 2.85. The van der Waals surface area contributed by atoms with Crippen LogP contribution in [0, 0.1) is 5.82 Å². The maximum atomic E-state index is 12.7. The van der Waals surface area contributed by atoms with Gasteiger partial charge in [0.2, 0.25) is 5.89 Å². The molecule has 19 heavy (non-hydrogen) atoms. The van der Waals surface area contributed by atoms with Crippen molar-refractivity contribution in [3.8, 4) is 0 Å². The number of hydrogen-bond donors (Lipinski definition) is 2. The third-order valence-corrected chi connectivity index (χ3v) is 2.47. The molecule has 0 saturated carbocycles. The Morgan fingerprint density at radius 3 is 2.58 bits per heavy atom. The second-order valence-electron chi connectivity index (χ2n) is 3.86. The minimum Gasteiger partial charge on any atom is -0.407 e. The fourth-order valence-corrected chi connectivity index (χ4v) is 1.55. The van der Waals surface area contributed by atoms with Crippen LogP contribution in [0.4, 0.5) is 10.4 Å². The zero-order valence-corrected chi connectivity index (χ0v) is 11.1. The molecule has 0 aliphatic carbocycles. The summed E-state index contributed by atoms with van der Waals surface area (Å²) in [5.41, 5.74) is 6.45. The molecule has 1 aromatic heterocycles. The van der Waals surface area contributed by atoms with Crippen LogP contribution < -0.4 is 11.1 Å². The molecule has 2 aromatic rings. The maximum Gasteiger partial charge on any atom is 0.315 e. The Balaban J connectivity index is 0.00000180. The predicted molar refractivity (Wildman–Crippen MR) is 72.6 cm³/mol. The molecule has 3 N–H and O–H groups in total. The van der Waals surface area contributed by atoms with E-state index in [2.05, 4.69) is 15.5 Å². The van der Waals surface area contributed by atoms with E-state index in [-0.39, 0.29) is 24.8 Å². The average molecular weight is 287 g/mol. The van der Waals surface area contributed by atoms with Gasteiger partial charge in [0.05, 0.1) is 6.54 Å². The first kappa shape index (κ1) is 15.4. The van der Waals surface area contributed by atoms with E-state index in [0.29, 0.717) is 18.5 Å². The van der Waals surface area contributed by atoms with E-state index in [0.717, 1.165) is 18.4 Å². The lowest BCUT2D eigenvalue weighted by Gasteiger charge is -2.02. The Bertz CT molecular complexity index is 489. The van der Waals surface area contributed by atoms with Gasteiger partial charge in [0.25, 0.3) is 0 Å². The maximum absolute atomic E-state index is 12.7. The predicted octanol–water partition coefficient (Wildman–Crippen LogP) is 2.13. The van der Waals surface area contributed by atoms with E-state index >= 15 is 0 Å². The van der Waals surface area contributed by atoms with Crippen LogP contribution >= 0.6 is 12.4 Å². The van der Waals surface area contributed by atoms with Crippen molar-refractivity contribution in [2.75, 3.05) is 11.9 Å². The van der Waals surface area contributed by atoms with Crippen molar-refractivity contribution in [1.82, 2.24) is 10.2 Å². The van der Waals surface area contributed by atoms with Crippen LogP contribution in [0.2, 0.25) is 0 Å². The van der Waals surface area contributed by atoms with Crippen molar-refractivity contribution in [2.45, 2.75) is 19.4 Å². The Morgan fingerprint density at radius 2 is 1.95 bits per heavy atom. The second kappa shape index (κ2) is 7.70. The largest absolute Gasteiger partial charge is 0.407 e. The van der Waals surface area contributed by atoms with E-state index in [1.54, 1.807) is 12.1 Å². The number of nitrogens with two attached hydrogens (primary N) is 1. The molecular formula is C12H16ClFN4O. The Hall–Kier alpha value is -1.66. The van der Waals surface area contributed by atoms with Gasteiger partial charge in [0.1, 0.15) is 5.82 Å². The van der Waals surface area contributed by atoms with Gasteiger partial charge in [-0.2, -0.15) is 0 Å². The van der Waals surface area contributed by atoms with Crippen LogP contribution in [-0.4, -0.2) is 16.7 Å². The first-order valence-electron chi connectivity index (χ1n) is 5.78. The van der Waals surface area contributed by atoms with Crippen LogP contribution in [0.3, 0.4) is 0 Å². The molecule has 0 bridgehead atoms. The number of aryl methyl sites for hydroxylation is 1. The van der Waals surface area contributed by atoms with Crippen LogP contribution in [0.1, 0.15) is 17.9 Å². The van der Waals surface area contributed by atoms with Crippen LogP contribution in [0.15, 0.2) is 28.7 Å². The number of nitrogens with zero attached hydrogens (tertiary/aromatic N) is 2. The highest BCUT2D eigenvalue weighted by Gasteiger charge is 2.02. The minimum absolute atomic E-state index is 0. The van der Waals surface area contributed by atoms with E-state index in [1.807, 2.05) is 0 Å².